The van der Waals surface area contributed by atoms with Crippen LogP contribution < -0.4 is 5.32 Å². The molecule has 0 spiro atoms. The zero-order chi connectivity index (χ0) is 14.8. The minimum atomic E-state index is -1.09. The highest BCUT2D eigenvalue weighted by molar-refractivity contribution is 6.04. The van der Waals surface area contributed by atoms with Gasteiger partial charge >= 0.3 is 0 Å². The van der Waals surface area contributed by atoms with E-state index in [0.29, 0.717) is 12.0 Å². The topological polar surface area (TPSA) is 93.8 Å². The van der Waals surface area contributed by atoms with Gasteiger partial charge in [-0.25, -0.2) is 0 Å². The summed E-state index contributed by atoms with van der Waals surface area (Å²) < 4.78 is 0. The van der Waals surface area contributed by atoms with Gasteiger partial charge in [0.15, 0.2) is 0 Å². The summed E-state index contributed by atoms with van der Waals surface area (Å²) in [6.07, 6.45) is 0.354. The number of carbonyl (C=O) groups is 2. The van der Waals surface area contributed by atoms with E-state index in [-0.39, 0.29) is 0 Å². The molecular formula is C15H13N3O2. The number of nitriles is 2. The van der Waals surface area contributed by atoms with Crippen LogP contribution in [0, 0.1) is 34.5 Å². The fraction of sp³-hybridized carbons (Fsp3) is 0.333. The molecule has 0 aliphatic carbocycles. The van der Waals surface area contributed by atoms with E-state index >= 15 is 0 Å². The summed E-state index contributed by atoms with van der Waals surface area (Å²) in [6.45, 7) is 1.79. The van der Waals surface area contributed by atoms with Crippen LogP contribution in [0.5, 0.6) is 0 Å². The molecule has 1 saturated heterocycles. The van der Waals surface area contributed by atoms with Gasteiger partial charge in [-0.05, 0) is 12.0 Å². The van der Waals surface area contributed by atoms with Crippen molar-refractivity contribution in [3.8, 4) is 12.1 Å². The van der Waals surface area contributed by atoms with Gasteiger partial charge in [0.25, 0.3) is 0 Å². The van der Waals surface area contributed by atoms with Crippen molar-refractivity contribution in [2.75, 3.05) is 0 Å². The van der Waals surface area contributed by atoms with Gasteiger partial charge in [-0.2, -0.15) is 10.5 Å². The lowest BCUT2D eigenvalue weighted by molar-refractivity contribution is -0.141. The van der Waals surface area contributed by atoms with Crippen LogP contribution in [-0.4, -0.2) is 11.8 Å². The van der Waals surface area contributed by atoms with Gasteiger partial charge in [0.05, 0.1) is 12.1 Å². The Morgan fingerprint density at radius 2 is 1.60 bits per heavy atom. The summed E-state index contributed by atoms with van der Waals surface area (Å²) in [5, 5.41) is 20.8. The van der Waals surface area contributed by atoms with Crippen molar-refractivity contribution in [2.45, 2.75) is 18.8 Å². The Balaban J connectivity index is 2.72. The number of nitrogens with one attached hydrogen (secondary N) is 1. The Bertz CT molecular complexity index is 593. The van der Waals surface area contributed by atoms with E-state index in [1.807, 2.05) is 12.1 Å². The summed E-state index contributed by atoms with van der Waals surface area (Å²) in [4.78, 5) is 24.0. The third kappa shape index (κ3) is 1.76. The highest BCUT2D eigenvalue weighted by Gasteiger charge is 2.56. The Morgan fingerprint density at radius 3 is 2.00 bits per heavy atom. The van der Waals surface area contributed by atoms with Crippen molar-refractivity contribution in [3.63, 3.8) is 0 Å². The standard InChI is InChI=1S/C15H13N3O2/c1-2-15(10-6-4-3-5-7-10)11(8-16)13(19)18-14(20)12(15)9-17/h3-7,11-12H,2H2,1H3,(H,18,19,20)/t11-,12+,15?. The second-order valence-electron chi connectivity index (χ2n) is 4.74. The first-order valence-corrected chi connectivity index (χ1v) is 6.31. The van der Waals surface area contributed by atoms with Crippen LogP contribution in [0.15, 0.2) is 30.3 Å². The van der Waals surface area contributed by atoms with Gasteiger partial charge in [0, 0.05) is 5.41 Å². The zero-order valence-corrected chi connectivity index (χ0v) is 11.0. The molecule has 1 aromatic rings. The van der Waals surface area contributed by atoms with Crippen molar-refractivity contribution in [3.05, 3.63) is 35.9 Å². The number of benzene rings is 1. The van der Waals surface area contributed by atoms with Gasteiger partial charge in [0.2, 0.25) is 11.8 Å². The Labute approximate surface area is 116 Å². The molecule has 0 radical (unpaired) electrons. The lowest BCUT2D eigenvalue weighted by Gasteiger charge is -2.42. The molecule has 0 saturated carbocycles. The minimum absolute atomic E-state index is 0.354. The molecule has 100 valence electrons. The Morgan fingerprint density at radius 1 is 1.10 bits per heavy atom. The van der Waals surface area contributed by atoms with Gasteiger partial charge < -0.3 is 0 Å². The molecule has 1 aliphatic rings. The van der Waals surface area contributed by atoms with Gasteiger partial charge in [-0.15, -0.1) is 0 Å². The minimum Gasteiger partial charge on any atom is -0.294 e. The fourth-order valence-corrected chi connectivity index (χ4v) is 2.94. The third-order valence-electron chi connectivity index (χ3n) is 3.96. The number of rotatable bonds is 2. The number of nitrogens with zero attached hydrogens (tertiary/aromatic N) is 2. The molecule has 1 aromatic carbocycles. The van der Waals surface area contributed by atoms with Crippen molar-refractivity contribution in [2.24, 2.45) is 11.8 Å². The molecule has 1 N–H and O–H groups in total. The van der Waals surface area contributed by atoms with E-state index in [1.165, 1.54) is 0 Å². The van der Waals surface area contributed by atoms with Gasteiger partial charge in [-0.1, -0.05) is 37.3 Å². The number of carbonyl (C=O) groups excluding carboxylic acids is 2. The maximum atomic E-state index is 12.0. The summed E-state index contributed by atoms with van der Waals surface area (Å²) >= 11 is 0. The first-order chi connectivity index (χ1) is 9.61. The van der Waals surface area contributed by atoms with E-state index in [4.69, 9.17) is 0 Å². The highest BCUT2D eigenvalue weighted by Crippen LogP contribution is 2.44. The largest absolute Gasteiger partial charge is 0.294 e. The van der Waals surface area contributed by atoms with Crippen LogP contribution in [0.4, 0.5) is 0 Å². The lowest BCUT2D eigenvalue weighted by Crippen LogP contribution is -2.59. The molecular weight excluding hydrogens is 254 g/mol. The molecule has 1 heterocycles. The van der Waals surface area contributed by atoms with Gasteiger partial charge in [0.1, 0.15) is 11.8 Å². The molecule has 2 rings (SSSR count). The normalized spacial score (nSPS) is 29.1. The first-order valence-electron chi connectivity index (χ1n) is 6.31. The second kappa shape index (κ2) is 5.14. The zero-order valence-electron chi connectivity index (χ0n) is 11.0. The summed E-state index contributed by atoms with van der Waals surface area (Å²) in [7, 11) is 0. The van der Waals surface area contributed by atoms with E-state index in [1.54, 1.807) is 37.3 Å². The first kappa shape index (κ1) is 13.8. The molecule has 5 heteroatoms. The molecule has 0 aromatic heterocycles. The summed E-state index contributed by atoms with van der Waals surface area (Å²) in [6, 6.07) is 12.8. The molecule has 1 unspecified atom stereocenters. The van der Waals surface area contributed by atoms with Crippen LogP contribution >= 0.6 is 0 Å². The lowest BCUT2D eigenvalue weighted by atomic mass is 9.59. The number of imide groups is 1. The number of hydrogen-bond donors (Lipinski definition) is 1. The number of amides is 2. The second-order valence-corrected chi connectivity index (χ2v) is 4.74. The van der Waals surface area contributed by atoms with Gasteiger partial charge in [-0.3, -0.25) is 14.9 Å². The van der Waals surface area contributed by atoms with Crippen molar-refractivity contribution in [1.82, 2.24) is 5.32 Å². The average molecular weight is 267 g/mol. The smallest absolute Gasteiger partial charge is 0.244 e. The maximum absolute atomic E-state index is 12.0. The average Bonchev–Trinajstić information content (AvgIpc) is 2.47. The Hall–Kier alpha value is -2.66. The summed E-state index contributed by atoms with van der Waals surface area (Å²) in [5.41, 5.74) is -0.423. The predicted molar refractivity (Wildman–Crippen MR) is 69.8 cm³/mol. The van der Waals surface area contributed by atoms with Crippen LogP contribution in [0.2, 0.25) is 0 Å². The predicted octanol–water partition coefficient (Wildman–Crippen LogP) is 1.27. The molecule has 2 amide bonds. The highest BCUT2D eigenvalue weighted by atomic mass is 16.2. The maximum Gasteiger partial charge on any atom is 0.244 e. The number of piperidine rings is 1. The van der Waals surface area contributed by atoms with E-state index in [2.05, 4.69) is 5.32 Å². The fourth-order valence-electron chi connectivity index (χ4n) is 2.94. The van der Waals surface area contributed by atoms with Crippen LogP contribution in [0.1, 0.15) is 18.9 Å². The van der Waals surface area contributed by atoms with Crippen LogP contribution in [-0.2, 0) is 15.0 Å². The van der Waals surface area contributed by atoms with E-state index in [9.17, 15) is 20.1 Å². The molecule has 1 aliphatic heterocycles. The van der Waals surface area contributed by atoms with Crippen molar-refractivity contribution >= 4 is 11.8 Å². The van der Waals surface area contributed by atoms with E-state index in [0.717, 1.165) is 0 Å². The van der Waals surface area contributed by atoms with Crippen molar-refractivity contribution < 1.29 is 9.59 Å². The molecule has 3 atom stereocenters. The van der Waals surface area contributed by atoms with Crippen LogP contribution in [0.3, 0.4) is 0 Å². The quantitative estimate of drug-likeness (QED) is 0.816. The third-order valence-corrected chi connectivity index (χ3v) is 3.96. The monoisotopic (exact) mass is 267 g/mol. The number of hydrogen-bond acceptors (Lipinski definition) is 4. The molecule has 5 nitrogen and oxygen atoms in total. The molecule has 0 bridgehead atoms. The Kier molecular flexibility index (Phi) is 3.54. The van der Waals surface area contributed by atoms with Crippen molar-refractivity contribution in [1.29, 1.82) is 10.5 Å². The van der Waals surface area contributed by atoms with Crippen LogP contribution in [0.25, 0.3) is 0 Å². The SMILES string of the molecule is CCC1(c2ccccc2)[C@H](C#N)C(=O)NC(=O)[C@@H]1C#N. The summed E-state index contributed by atoms with van der Waals surface area (Å²) in [5.74, 6) is -3.38. The molecule has 20 heavy (non-hydrogen) atoms. The molecule has 1 fully saturated rings. The van der Waals surface area contributed by atoms with E-state index < -0.39 is 29.1 Å².